The van der Waals surface area contributed by atoms with Gasteiger partial charge < -0.3 is 15.5 Å². The summed E-state index contributed by atoms with van der Waals surface area (Å²) in [4.78, 5) is 21.1. The molecule has 1 unspecified atom stereocenters. The molecular weight excluding hydrogens is 556 g/mol. The maximum absolute atomic E-state index is 11.9. The second-order valence-corrected chi connectivity index (χ2v) is 12.2. The van der Waals surface area contributed by atoms with Crippen LogP contribution in [0.1, 0.15) is 92.7 Å². The molecule has 0 aliphatic carbocycles. The van der Waals surface area contributed by atoms with Gasteiger partial charge in [0.15, 0.2) is 5.13 Å². The molecule has 8 heteroatoms. The Morgan fingerprint density at radius 3 is 2.23 bits per heavy atom. The van der Waals surface area contributed by atoms with Gasteiger partial charge in [0.05, 0.1) is 27.1 Å². The van der Waals surface area contributed by atoms with Gasteiger partial charge in [0.1, 0.15) is 0 Å². The lowest BCUT2D eigenvalue weighted by atomic mass is 9.98. The average molecular weight is 609 g/mol. The number of amides is 2. The number of anilines is 1. The summed E-state index contributed by atoms with van der Waals surface area (Å²) in [6, 6.07) is 8.03. The number of urea groups is 1. The van der Waals surface area contributed by atoms with Gasteiger partial charge in [-0.05, 0) is 107 Å². The van der Waals surface area contributed by atoms with E-state index in [0.29, 0.717) is 11.7 Å². The Kier molecular flexibility index (Phi) is 15.5. The molecule has 1 aromatic carbocycles. The maximum Gasteiger partial charge on any atom is 0.321 e. The number of carbonyl (C=O) groups is 1. The summed E-state index contributed by atoms with van der Waals surface area (Å²) in [6.07, 6.45) is 9.49. The smallest absolute Gasteiger partial charge is 0.321 e. The number of pyridine rings is 1. The van der Waals surface area contributed by atoms with Gasteiger partial charge >= 0.3 is 6.03 Å². The molecular formula is C35H52N4O3S. The Balaban J connectivity index is 0.000000509. The molecule has 2 heterocycles. The minimum atomic E-state index is -0.694. The summed E-state index contributed by atoms with van der Waals surface area (Å²) in [7, 11) is 0. The average Bonchev–Trinajstić information content (AvgIpc) is 3.35. The van der Waals surface area contributed by atoms with Crippen LogP contribution < -0.4 is 10.6 Å². The van der Waals surface area contributed by atoms with Crippen molar-refractivity contribution in [1.29, 1.82) is 0 Å². The van der Waals surface area contributed by atoms with Gasteiger partial charge in [-0.2, -0.15) is 0 Å². The predicted molar refractivity (Wildman–Crippen MR) is 186 cm³/mol. The van der Waals surface area contributed by atoms with Crippen molar-refractivity contribution in [1.82, 2.24) is 15.3 Å². The van der Waals surface area contributed by atoms with E-state index in [-0.39, 0.29) is 6.03 Å². The number of nitrogens with one attached hydrogen (secondary N) is 2. The van der Waals surface area contributed by atoms with Crippen LogP contribution in [-0.4, -0.2) is 44.0 Å². The number of aromatic nitrogens is 2. The summed E-state index contributed by atoms with van der Waals surface area (Å²) in [5.41, 5.74) is 5.71. The zero-order valence-electron chi connectivity index (χ0n) is 27.6. The number of rotatable bonds is 10. The van der Waals surface area contributed by atoms with Crippen molar-refractivity contribution in [2.45, 2.75) is 99.2 Å². The van der Waals surface area contributed by atoms with Crippen molar-refractivity contribution < 1.29 is 15.0 Å². The highest BCUT2D eigenvalue weighted by Gasteiger charge is 2.16. The van der Waals surface area contributed by atoms with E-state index >= 15 is 0 Å². The lowest BCUT2D eigenvalue weighted by Crippen LogP contribution is -2.28. The summed E-state index contributed by atoms with van der Waals surface area (Å²) >= 11 is 1.45. The third kappa shape index (κ3) is 12.4. The van der Waals surface area contributed by atoms with Crippen LogP contribution in [0.2, 0.25) is 0 Å². The molecule has 7 nitrogen and oxygen atoms in total. The first-order chi connectivity index (χ1) is 20.2. The van der Waals surface area contributed by atoms with Gasteiger partial charge in [0, 0.05) is 18.3 Å². The fourth-order valence-electron chi connectivity index (χ4n) is 3.70. The topological polar surface area (TPSA) is 107 Å². The summed E-state index contributed by atoms with van der Waals surface area (Å²) in [5, 5.41) is 24.4. The first-order valence-electron chi connectivity index (χ1n) is 15.0. The molecule has 4 N–H and O–H groups in total. The lowest BCUT2D eigenvalue weighted by molar-refractivity contribution is 0.0463. The van der Waals surface area contributed by atoms with Crippen molar-refractivity contribution in [3.8, 4) is 11.3 Å². The molecule has 0 aliphatic heterocycles. The van der Waals surface area contributed by atoms with E-state index in [9.17, 15) is 9.90 Å². The molecule has 0 saturated carbocycles. The highest BCUT2D eigenvalue weighted by Crippen LogP contribution is 2.37. The Labute approximate surface area is 262 Å². The number of allylic oxidation sites excluding steroid dienone is 3. The van der Waals surface area contributed by atoms with Crippen molar-refractivity contribution in [2.24, 2.45) is 0 Å². The van der Waals surface area contributed by atoms with Gasteiger partial charge in [0.25, 0.3) is 0 Å². The maximum atomic E-state index is 11.9. The fourth-order valence-corrected chi connectivity index (χ4v) is 4.67. The van der Waals surface area contributed by atoms with Gasteiger partial charge in [-0.25, -0.2) is 9.78 Å². The molecule has 3 rings (SSSR count). The first kappa shape index (κ1) is 37.7. The predicted octanol–water partition coefficient (Wildman–Crippen LogP) is 8.93. The van der Waals surface area contributed by atoms with Crippen LogP contribution >= 0.6 is 11.3 Å². The molecule has 236 valence electrons. The highest BCUT2D eigenvalue weighted by atomic mass is 32.1. The molecule has 1 atom stereocenters. The van der Waals surface area contributed by atoms with E-state index in [1.807, 2.05) is 58.2 Å². The van der Waals surface area contributed by atoms with Gasteiger partial charge in [-0.3, -0.25) is 10.3 Å². The Morgan fingerprint density at radius 1 is 1.12 bits per heavy atom. The van der Waals surface area contributed by atoms with Gasteiger partial charge in [-0.1, -0.05) is 63.8 Å². The van der Waals surface area contributed by atoms with Crippen molar-refractivity contribution in [3.05, 3.63) is 72.5 Å². The Morgan fingerprint density at radius 2 is 1.77 bits per heavy atom. The van der Waals surface area contributed by atoms with Crippen LogP contribution in [0.4, 0.5) is 9.93 Å². The monoisotopic (exact) mass is 608 g/mol. The zero-order chi connectivity index (χ0) is 32.8. The third-order valence-corrected chi connectivity index (χ3v) is 8.04. The van der Waals surface area contributed by atoms with Crippen molar-refractivity contribution >= 4 is 38.3 Å². The number of fused-ring (bicyclic) bond motifs is 1. The van der Waals surface area contributed by atoms with Crippen LogP contribution in [-0.2, 0) is 6.42 Å². The first-order valence-corrected chi connectivity index (χ1v) is 15.8. The van der Waals surface area contributed by atoms with E-state index in [2.05, 4.69) is 59.7 Å². The minimum Gasteiger partial charge on any atom is -0.390 e. The molecule has 43 heavy (non-hydrogen) atoms. The molecule has 0 fully saturated rings. The Hall–Kier alpha value is -3.33. The number of benzene rings is 1. The van der Waals surface area contributed by atoms with E-state index in [1.54, 1.807) is 20.8 Å². The van der Waals surface area contributed by atoms with Crippen LogP contribution in [0.5, 0.6) is 0 Å². The van der Waals surface area contributed by atoms with E-state index in [1.165, 1.54) is 16.9 Å². The number of hydrogen-bond acceptors (Lipinski definition) is 6. The van der Waals surface area contributed by atoms with E-state index < -0.39 is 11.2 Å². The molecule has 3 aromatic rings. The largest absolute Gasteiger partial charge is 0.390 e. The molecule has 0 radical (unpaired) electrons. The van der Waals surface area contributed by atoms with Crippen molar-refractivity contribution in [3.63, 3.8) is 0 Å². The van der Waals surface area contributed by atoms with Crippen LogP contribution in [0.25, 0.3) is 27.0 Å². The summed E-state index contributed by atoms with van der Waals surface area (Å²) in [6.45, 7) is 25.3. The van der Waals surface area contributed by atoms with E-state index in [4.69, 9.17) is 5.11 Å². The third-order valence-electron chi connectivity index (χ3n) is 7.02. The SMILES string of the molecule is C=C(C)C(C)(C)O.C=C/C(=C\C)c1cc(-c2cc(CC)ccn2)c2sc(NC(=O)NCC)nc2c1.CCCC(C)(O)CC. The molecule has 0 saturated heterocycles. The number of nitrogens with zero attached hydrogens (tertiary/aromatic N) is 2. The molecule has 0 aliphatic rings. The molecule has 0 bridgehead atoms. The number of hydrogen-bond donors (Lipinski definition) is 4. The molecule has 2 amide bonds. The Bertz CT molecular complexity index is 1380. The fraction of sp³-hybridized carbons (Fsp3) is 0.457. The second kappa shape index (κ2) is 17.7. The van der Waals surface area contributed by atoms with Crippen LogP contribution in [0, 0.1) is 0 Å². The highest BCUT2D eigenvalue weighted by molar-refractivity contribution is 7.22. The van der Waals surface area contributed by atoms with E-state index in [0.717, 1.165) is 63.9 Å². The number of carbonyl (C=O) groups excluding carboxylic acids is 1. The van der Waals surface area contributed by atoms with Gasteiger partial charge in [-0.15, -0.1) is 0 Å². The summed E-state index contributed by atoms with van der Waals surface area (Å²) in [5.74, 6) is 0. The zero-order valence-corrected chi connectivity index (χ0v) is 28.4. The number of thiazole rings is 1. The second-order valence-electron chi connectivity index (χ2n) is 11.2. The normalized spacial score (nSPS) is 12.7. The van der Waals surface area contributed by atoms with Crippen molar-refractivity contribution in [2.75, 3.05) is 11.9 Å². The standard InChI is InChI=1S/C22H24N4OS.C7H16O.C6H12O/c1-5-14-9-10-24-18(11-14)17-12-16(15(6-2)7-3)13-19-20(17)28-22(25-19)26-21(27)23-8-4;1-4-6-7(3,8)5-2;1-5(2)6(3,4)7/h6-7,9-13H,2,5,8H2,1,3-4H3,(H2,23,25,26,27);8H,4-6H2,1-3H3;7H,1H2,2-4H3/b15-7+;;. The minimum absolute atomic E-state index is 0.255. The number of aliphatic hydroxyl groups is 2. The van der Waals surface area contributed by atoms with Crippen LogP contribution in [0.3, 0.4) is 0 Å². The summed E-state index contributed by atoms with van der Waals surface area (Å²) < 4.78 is 0.996. The van der Waals surface area contributed by atoms with Gasteiger partial charge in [0.2, 0.25) is 0 Å². The van der Waals surface area contributed by atoms with Crippen LogP contribution in [0.15, 0.2) is 61.3 Å². The molecule has 2 aromatic heterocycles. The number of aryl methyl sites for hydroxylation is 1. The quantitative estimate of drug-likeness (QED) is 0.136. The lowest BCUT2D eigenvalue weighted by Gasteiger charge is -2.19. The molecule has 0 spiro atoms.